The minimum atomic E-state index is -0.184. The molecule has 0 N–H and O–H groups in total. The van der Waals surface area contributed by atoms with E-state index in [-0.39, 0.29) is 5.97 Å². The van der Waals surface area contributed by atoms with E-state index in [4.69, 9.17) is 4.74 Å². The van der Waals surface area contributed by atoms with Gasteiger partial charge < -0.3 is 9.64 Å². The van der Waals surface area contributed by atoms with E-state index in [1.165, 1.54) is 12.7 Å². The summed E-state index contributed by atoms with van der Waals surface area (Å²) in [7, 11) is 1.42. The van der Waals surface area contributed by atoms with Crippen molar-refractivity contribution in [3.8, 4) is 0 Å². The molecule has 1 saturated heterocycles. The summed E-state index contributed by atoms with van der Waals surface area (Å²) in [5.74, 6) is 0.794. The van der Waals surface area contributed by atoms with Gasteiger partial charge in [0.2, 0.25) is 0 Å². The van der Waals surface area contributed by atoms with Gasteiger partial charge in [-0.25, -0.2) is 9.97 Å². The van der Waals surface area contributed by atoms with Gasteiger partial charge in [-0.05, 0) is 19.1 Å². The third kappa shape index (κ3) is 3.01. The van der Waals surface area contributed by atoms with Crippen molar-refractivity contribution in [3.63, 3.8) is 0 Å². The molecule has 1 aromatic carbocycles. The van der Waals surface area contributed by atoms with E-state index >= 15 is 0 Å². The number of esters is 1. The van der Waals surface area contributed by atoms with E-state index in [0.29, 0.717) is 6.54 Å². The zero-order valence-corrected chi connectivity index (χ0v) is 13.0. The van der Waals surface area contributed by atoms with E-state index in [9.17, 15) is 4.79 Å². The molecular formula is C16H20N4O2. The van der Waals surface area contributed by atoms with Crippen LogP contribution in [-0.4, -0.2) is 60.7 Å². The van der Waals surface area contributed by atoms with Gasteiger partial charge in [0.25, 0.3) is 0 Å². The maximum Gasteiger partial charge on any atom is 0.319 e. The Balaban J connectivity index is 1.76. The number of anilines is 1. The molecule has 0 bridgehead atoms. The molecule has 1 aliphatic heterocycles. The maximum absolute atomic E-state index is 11.3. The average Bonchev–Trinajstić information content (AvgIpc) is 2.55. The molecule has 0 radical (unpaired) electrons. The number of hydrogen-bond acceptors (Lipinski definition) is 6. The zero-order valence-electron chi connectivity index (χ0n) is 13.0. The molecule has 3 rings (SSSR count). The molecular weight excluding hydrogens is 280 g/mol. The number of ether oxygens (including phenoxy) is 1. The SMILES string of the molecule is COC(=O)CN1CCN(c2ncnc3ccc(C)cc23)CC1. The molecule has 22 heavy (non-hydrogen) atoms. The second-order valence-corrected chi connectivity index (χ2v) is 5.56. The van der Waals surface area contributed by atoms with Crippen molar-refractivity contribution in [1.29, 1.82) is 0 Å². The number of methoxy groups -OCH3 is 1. The summed E-state index contributed by atoms with van der Waals surface area (Å²) in [5, 5.41) is 1.09. The number of aromatic nitrogens is 2. The lowest BCUT2D eigenvalue weighted by atomic mass is 10.1. The predicted octanol–water partition coefficient (Wildman–Crippen LogP) is 1.23. The van der Waals surface area contributed by atoms with Gasteiger partial charge in [-0.1, -0.05) is 11.6 Å². The van der Waals surface area contributed by atoms with Crippen LogP contribution in [-0.2, 0) is 9.53 Å². The Morgan fingerprint density at radius 1 is 1.23 bits per heavy atom. The Morgan fingerprint density at radius 2 is 2.00 bits per heavy atom. The molecule has 0 saturated carbocycles. The summed E-state index contributed by atoms with van der Waals surface area (Å²) in [6.07, 6.45) is 1.62. The van der Waals surface area contributed by atoms with Crippen molar-refractivity contribution >= 4 is 22.7 Å². The first kappa shape index (κ1) is 14.7. The Morgan fingerprint density at radius 3 is 2.73 bits per heavy atom. The van der Waals surface area contributed by atoms with Gasteiger partial charge in [0, 0.05) is 31.6 Å². The molecule has 0 aliphatic carbocycles. The molecule has 1 aromatic heterocycles. The number of carbonyl (C=O) groups is 1. The summed E-state index contributed by atoms with van der Waals surface area (Å²) in [5.41, 5.74) is 2.17. The second-order valence-electron chi connectivity index (χ2n) is 5.56. The van der Waals surface area contributed by atoms with Gasteiger partial charge in [0.1, 0.15) is 12.1 Å². The summed E-state index contributed by atoms with van der Waals surface area (Å²) < 4.78 is 4.72. The molecule has 0 amide bonds. The quantitative estimate of drug-likeness (QED) is 0.795. The zero-order chi connectivity index (χ0) is 15.5. The Labute approximate surface area is 129 Å². The highest BCUT2D eigenvalue weighted by Gasteiger charge is 2.21. The molecule has 2 heterocycles. The van der Waals surface area contributed by atoms with Gasteiger partial charge >= 0.3 is 5.97 Å². The molecule has 0 atom stereocenters. The number of rotatable bonds is 3. The van der Waals surface area contributed by atoms with Gasteiger partial charge in [-0.2, -0.15) is 0 Å². The molecule has 0 unspecified atom stereocenters. The van der Waals surface area contributed by atoms with Crippen LogP contribution in [0.25, 0.3) is 10.9 Å². The highest BCUT2D eigenvalue weighted by Crippen LogP contribution is 2.24. The summed E-state index contributed by atoms with van der Waals surface area (Å²) in [6.45, 7) is 5.77. The fraction of sp³-hybridized carbons (Fsp3) is 0.438. The minimum absolute atomic E-state index is 0.184. The number of nitrogens with zero attached hydrogens (tertiary/aromatic N) is 4. The number of fused-ring (bicyclic) bond motifs is 1. The highest BCUT2D eigenvalue weighted by atomic mass is 16.5. The van der Waals surface area contributed by atoms with Crippen LogP contribution < -0.4 is 4.90 Å². The lowest BCUT2D eigenvalue weighted by molar-refractivity contribution is -0.142. The maximum atomic E-state index is 11.3. The summed E-state index contributed by atoms with van der Waals surface area (Å²) in [4.78, 5) is 24.5. The third-order valence-corrected chi connectivity index (χ3v) is 4.02. The summed E-state index contributed by atoms with van der Waals surface area (Å²) >= 11 is 0. The van der Waals surface area contributed by atoms with Crippen molar-refractivity contribution in [2.75, 3.05) is 44.7 Å². The third-order valence-electron chi connectivity index (χ3n) is 4.02. The molecule has 1 aliphatic rings. The van der Waals surface area contributed by atoms with Gasteiger partial charge in [-0.15, -0.1) is 0 Å². The van der Waals surface area contributed by atoms with E-state index in [1.54, 1.807) is 6.33 Å². The fourth-order valence-electron chi connectivity index (χ4n) is 2.77. The topological polar surface area (TPSA) is 58.6 Å². The van der Waals surface area contributed by atoms with E-state index < -0.39 is 0 Å². The van der Waals surface area contributed by atoms with Crippen LogP contribution in [0.3, 0.4) is 0 Å². The van der Waals surface area contributed by atoms with Crippen molar-refractivity contribution < 1.29 is 9.53 Å². The number of aryl methyl sites for hydroxylation is 1. The smallest absolute Gasteiger partial charge is 0.319 e. The number of benzene rings is 1. The van der Waals surface area contributed by atoms with Gasteiger partial charge in [0.05, 0.1) is 19.2 Å². The van der Waals surface area contributed by atoms with Crippen LogP contribution in [0.1, 0.15) is 5.56 Å². The van der Waals surface area contributed by atoms with E-state index in [2.05, 4.69) is 38.8 Å². The first-order valence-electron chi connectivity index (χ1n) is 7.43. The van der Waals surface area contributed by atoms with Crippen LogP contribution in [0.4, 0.5) is 5.82 Å². The number of piperazine rings is 1. The van der Waals surface area contributed by atoms with Crippen molar-refractivity contribution in [1.82, 2.24) is 14.9 Å². The van der Waals surface area contributed by atoms with Crippen molar-refractivity contribution in [2.45, 2.75) is 6.92 Å². The average molecular weight is 300 g/mol. The number of hydrogen-bond donors (Lipinski definition) is 0. The molecule has 6 heteroatoms. The van der Waals surface area contributed by atoms with Crippen molar-refractivity contribution in [3.05, 3.63) is 30.1 Å². The van der Waals surface area contributed by atoms with E-state index in [1.807, 2.05) is 6.07 Å². The standard InChI is InChI=1S/C16H20N4O2/c1-12-3-4-14-13(9-12)16(18-11-17-14)20-7-5-19(6-8-20)10-15(21)22-2/h3-4,9,11H,5-8,10H2,1-2H3. The van der Waals surface area contributed by atoms with Crippen LogP contribution in [0.2, 0.25) is 0 Å². The van der Waals surface area contributed by atoms with Gasteiger partial charge in [0.15, 0.2) is 0 Å². The minimum Gasteiger partial charge on any atom is -0.468 e. The lowest BCUT2D eigenvalue weighted by Gasteiger charge is -2.35. The normalized spacial score (nSPS) is 16.0. The largest absolute Gasteiger partial charge is 0.468 e. The molecule has 116 valence electrons. The molecule has 0 spiro atoms. The Bertz CT molecular complexity index is 681. The van der Waals surface area contributed by atoms with Crippen molar-refractivity contribution in [2.24, 2.45) is 0 Å². The Hall–Kier alpha value is -2.21. The lowest BCUT2D eigenvalue weighted by Crippen LogP contribution is -2.48. The fourth-order valence-corrected chi connectivity index (χ4v) is 2.77. The monoisotopic (exact) mass is 300 g/mol. The summed E-state index contributed by atoms with van der Waals surface area (Å²) in [6, 6.07) is 6.22. The first-order valence-corrected chi connectivity index (χ1v) is 7.43. The van der Waals surface area contributed by atoms with Crippen LogP contribution in [0.15, 0.2) is 24.5 Å². The molecule has 2 aromatic rings. The van der Waals surface area contributed by atoms with Crippen LogP contribution >= 0.6 is 0 Å². The molecule has 6 nitrogen and oxygen atoms in total. The highest BCUT2D eigenvalue weighted by molar-refractivity contribution is 5.89. The Kier molecular flexibility index (Phi) is 4.20. The number of carbonyl (C=O) groups excluding carboxylic acids is 1. The second kappa shape index (κ2) is 6.27. The van der Waals surface area contributed by atoms with Crippen LogP contribution in [0.5, 0.6) is 0 Å². The van der Waals surface area contributed by atoms with E-state index in [0.717, 1.165) is 42.9 Å². The van der Waals surface area contributed by atoms with Gasteiger partial charge in [-0.3, -0.25) is 9.69 Å². The molecule has 1 fully saturated rings. The van der Waals surface area contributed by atoms with Crippen LogP contribution in [0, 0.1) is 6.92 Å². The predicted molar refractivity (Wildman–Crippen MR) is 84.9 cm³/mol. The first-order chi connectivity index (χ1) is 10.7.